The second kappa shape index (κ2) is 7.54. The van der Waals surface area contributed by atoms with Crippen molar-refractivity contribution in [2.24, 2.45) is 0 Å². The minimum atomic E-state index is -0.181. The minimum Gasteiger partial charge on any atom is -0.354 e. The van der Waals surface area contributed by atoms with Crippen LogP contribution in [-0.4, -0.2) is 29.0 Å². The van der Waals surface area contributed by atoms with Crippen molar-refractivity contribution in [3.05, 3.63) is 54.0 Å². The number of nitrogens with one attached hydrogen (secondary N) is 1. The zero-order chi connectivity index (χ0) is 15.9. The Labute approximate surface area is 131 Å². The SMILES string of the molecule is CCC(C)NC(=O)c1cnc(N(C)Cc2ccccc2)cn1. The molecule has 2 aromatic rings. The van der Waals surface area contributed by atoms with E-state index in [4.69, 9.17) is 0 Å². The molecule has 1 aromatic carbocycles. The summed E-state index contributed by atoms with van der Waals surface area (Å²) < 4.78 is 0. The number of hydrogen-bond donors (Lipinski definition) is 1. The van der Waals surface area contributed by atoms with Crippen LogP contribution in [0.4, 0.5) is 5.82 Å². The first-order valence-corrected chi connectivity index (χ1v) is 7.48. The van der Waals surface area contributed by atoms with Gasteiger partial charge in [-0.3, -0.25) is 4.79 Å². The van der Waals surface area contributed by atoms with Crippen LogP contribution in [0, 0.1) is 0 Å². The largest absolute Gasteiger partial charge is 0.354 e. The van der Waals surface area contributed by atoms with Gasteiger partial charge in [0.1, 0.15) is 11.5 Å². The number of aromatic nitrogens is 2. The Hall–Kier alpha value is -2.43. The van der Waals surface area contributed by atoms with Crippen molar-refractivity contribution in [1.82, 2.24) is 15.3 Å². The molecular formula is C17H22N4O. The summed E-state index contributed by atoms with van der Waals surface area (Å²) in [5.74, 6) is 0.558. The molecule has 0 saturated carbocycles. The van der Waals surface area contributed by atoms with E-state index in [1.165, 1.54) is 11.8 Å². The third kappa shape index (κ3) is 4.28. The number of nitrogens with zero attached hydrogens (tertiary/aromatic N) is 3. The molecule has 1 N–H and O–H groups in total. The molecule has 0 saturated heterocycles. The van der Waals surface area contributed by atoms with Crippen LogP contribution in [0.15, 0.2) is 42.7 Å². The van der Waals surface area contributed by atoms with E-state index in [0.29, 0.717) is 5.69 Å². The van der Waals surface area contributed by atoms with Gasteiger partial charge >= 0.3 is 0 Å². The summed E-state index contributed by atoms with van der Waals surface area (Å²) in [6, 6.07) is 10.3. The molecule has 0 radical (unpaired) electrons. The second-order valence-electron chi connectivity index (χ2n) is 5.38. The first kappa shape index (κ1) is 15.9. The molecule has 0 aliphatic carbocycles. The molecule has 1 atom stereocenters. The summed E-state index contributed by atoms with van der Waals surface area (Å²) in [6.07, 6.45) is 4.04. The minimum absolute atomic E-state index is 0.134. The maximum Gasteiger partial charge on any atom is 0.271 e. The molecule has 5 heteroatoms. The second-order valence-corrected chi connectivity index (χ2v) is 5.38. The molecule has 1 aromatic heterocycles. The monoisotopic (exact) mass is 298 g/mol. The number of benzene rings is 1. The van der Waals surface area contributed by atoms with Crippen LogP contribution in [0.5, 0.6) is 0 Å². The lowest BCUT2D eigenvalue weighted by molar-refractivity contribution is 0.0934. The first-order chi connectivity index (χ1) is 10.6. The Morgan fingerprint density at radius 2 is 1.95 bits per heavy atom. The molecule has 1 heterocycles. The normalized spacial score (nSPS) is 11.8. The molecule has 0 bridgehead atoms. The standard InChI is InChI=1S/C17H22N4O/c1-4-13(2)20-17(22)15-10-19-16(11-18-15)21(3)12-14-8-6-5-7-9-14/h5-11,13H,4,12H2,1-3H3,(H,20,22). The Bertz CT molecular complexity index is 598. The maximum absolute atomic E-state index is 12.0. The fourth-order valence-electron chi connectivity index (χ4n) is 1.97. The molecule has 5 nitrogen and oxygen atoms in total. The lowest BCUT2D eigenvalue weighted by Crippen LogP contribution is -2.32. The van der Waals surface area contributed by atoms with Gasteiger partial charge in [-0.1, -0.05) is 37.3 Å². The van der Waals surface area contributed by atoms with Crippen molar-refractivity contribution in [2.45, 2.75) is 32.9 Å². The van der Waals surface area contributed by atoms with E-state index in [2.05, 4.69) is 27.4 Å². The highest BCUT2D eigenvalue weighted by molar-refractivity contribution is 5.92. The van der Waals surface area contributed by atoms with Crippen LogP contribution >= 0.6 is 0 Å². The summed E-state index contributed by atoms with van der Waals surface area (Å²) in [5.41, 5.74) is 1.54. The molecule has 1 amide bonds. The quantitative estimate of drug-likeness (QED) is 0.890. The summed E-state index contributed by atoms with van der Waals surface area (Å²) >= 11 is 0. The van der Waals surface area contributed by atoms with E-state index >= 15 is 0 Å². The van der Waals surface area contributed by atoms with E-state index in [1.807, 2.05) is 44.0 Å². The van der Waals surface area contributed by atoms with Crippen molar-refractivity contribution in [1.29, 1.82) is 0 Å². The van der Waals surface area contributed by atoms with Gasteiger partial charge in [0.25, 0.3) is 5.91 Å². The van der Waals surface area contributed by atoms with Gasteiger partial charge in [0, 0.05) is 19.6 Å². The van der Waals surface area contributed by atoms with Gasteiger partial charge in [-0.2, -0.15) is 0 Å². The van der Waals surface area contributed by atoms with Gasteiger partial charge in [-0.25, -0.2) is 9.97 Å². The predicted molar refractivity (Wildman–Crippen MR) is 87.8 cm³/mol. The van der Waals surface area contributed by atoms with Crippen LogP contribution in [0.25, 0.3) is 0 Å². The molecule has 0 aliphatic heterocycles. The number of hydrogen-bond acceptors (Lipinski definition) is 4. The number of amides is 1. The lowest BCUT2D eigenvalue weighted by Gasteiger charge is -2.18. The van der Waals surface area contributed by atoms with Crippen LogP contribution in [-0.2, 0) is 6.54 Å². The van der Waals surface area contributed by atoms with Crippen molar-refractivity contribution in [3.63, 3.8) is 0 Å². The van der Waals surface area contributed by atoms with E-state index in [-0.39, 0.29) is 11.9 Å². The van der Waals surface area contributed by atoms with Crippen LogP contribution < -0.4 is 10.2 Å². The Morgan fingerprint density at radius 1 is 1.23 bits per heavy atom. The Morgan fingerprint density at radius 3 is 2.55 bits per heavy atom. The Kier molecular flexibility index (Phi) is 5.47. The van der Waals surface area contributed by atoms with E-state index < -0.39 is 0 Å². The van der Waals surface area contributed by atoms with Crippen molar-refractivity contribution in [3.8, 4) is 0 Å². The molecule has 0 aliphatic rings. The average Bonchev–Trinajstić information content (AvgIpc) is 2.55. The number of rotatable bonds is 6. The van der Waals surface area contributed by atoms with Crippen LogP contribution in [0.3, 0.4) is 0 Å². The van der Waals surface area contributed by atoms with Gasteiger partial charge < -0.3 is 10.2 Å². The summed E-state index contributed by atoms with van der Waals surface area (Å²) in [5, 5.41) is 2.88. The van der Waals surface area contributed by atoms with Crippen LogP contribution in [0.2, 0.25) is 0 Å². The lowest BCUT2D eigenvalue weighted by atomic mass is 10.2. The highest BCUT2D eigenvalue weighted by Gasteiger charge is 2.11. The topological polar surface area (TPSA) is 58.1 Å². The molecule has 116 valence electrons. The maximum atomic E-state index is 12.0. The van der Waals surface area contributed by atoms with Crippen LogP contribution in [0.1, 0.15) is 36.3 Å². The smallest absolute Gasteiger partial charge is 0.271 e. The van der Waals surface area contributed by atoms with E-state index in [0.717, 1.165) is 18.8 Å². The van der Waals surface area contributed by atoms with Gasteiger partial charge in [0.05, 0.1) is 12.4 Å². The van der Waals surface area contributed by atoms with E-state index in [1.54, 1.807) is 6.20 Å². The molecular weight excluding hydrogens is 276 g/mol. The third-order valence-corrected chi connectivity index (χ3v) is 3.51. The van der Waals surface area contributed by atoms with Crippen molar-refractivity contribution in [2.75, 3.05) is 11.9 Å². The van der Waals surface area contributed by atoms with Gasteiger partial charge in [0.15, 0.2) is 0 Å². The Balaban J connectivity index is 2.00. The number of carbonyl (C=O) groups is 1. The molecule has 0 fully saturated rings. The first-order valence-electron chi connectivity index (χ1n) is 7.48. The fourth-order valence-corrected chi connectivity index (χ4v) is 1.97. The molecule has 22 heavy (non-hydrogen) atoms. The van der Waals surface area contributed by atoms with Crippen molar-refractivity contribution >= 4 is 11.7 Å². The number of carbonyl (C=O) groups excluding carboxylic acids is 1. The zero-order valence-corrected chi connectivity index (χ0v) is 13.3. The zero-order valence-electron chi connectivity index (χ0n) is 13.3. The molecule has 0 spiro atoms. The van der Waals surface area contributed by atoms with Gasteiger partial charge in [0.2, 0.25) is 0 Å². The summed E-state index contributed by atoms with van der Waals surface area (Å²) in [7, 11) is 1.95. The summed E-state index contributed by atoms with van der Waals surface area (Å²) in [6.45, 7) is 4.74. The van der Waals surface area contributed by atoms with E-state index in [9.17, 15) is 4.79 Å². The number of anilines is 1. The summed E-state index contributed by atoms with van der Waals surface area (Å²) in [4.78, 5) is 22.5. The highest BCUT2D eigenvalue weighted by atomic mass is 16.1. The fraction of sp³-hybridized carbons (Fsp3) is 0.353. The third-order valence-electron chi connectivity index (χ3n) is 3.51. The van der Waals surface area contributed by atoms with Crippen molar-refractivity contribution < 1.29 is 4.79 Å². The van der Waals surface area contributed by atoms with Gasteiger partial charge in [-0.15, -0.1) is 0 Å². The van der Waals surface area contributed by atoms with Gasteiger partial charge in [-0.05, 0) is 18.9 Å². The molecule has 1 unspecified atom stereocenters. The average molecular weight is 298 g/mol. The predicted octanol–water partition coefficient (Wildman–Crippen LogP) is 2.64. The highest BCUT2D eigenvalue weighted by Crippen LogP contribution is 2.11. The molecule has 2 rings (SSSR count).